The molecule has 2 heterocycles. The van der Waals surface area contributed by atoms with Gasteiger partial charge in [0.25, 0.3) is 0 Å². The number of esters is 1. The zero-order chi connectivity index (χ0) is 16.2. The second-order valence-electron chi connectivity index (χ2n) is 4.86. The summed E-state index contributed by atoms with van der Waals surface area (Å²) in [5, 5.41) is -0.212. The van der Waals surface area contributed by atoms with Crippen LogP contribution in [0.1, 0.15) is 15.7 Å². The monoisotopic (exact) mass is 333 g/mol. The van der Waals surface area contributed by atoms with Crippen LogP contribution in [0, 0.1) is 0 Å². The largest absolute Gasteiger partial charge is 0.458 e. The summed E-state index contributed by atoms with van der Waals surface area (Å²) in [5.74, 6) is -0.215. The number of carbonyl (C=O) groups excluding carboxylic acids is 1. The van der Waals surface area contributed by atoms with Crippen LogP contribution in [-0.4, -0.2) is 34.2 Å². The van der Waals surface area contributed by atoms with Gasteiger partial charge in [0, 0.05) is 6.20 Å². The van der Waals surface area contributed by atoms with Gasteiger partial charge in [-0.05, 0) is 18.2 Å². The molecule has 0 amide bonds. The van der Waals surface area contributed by atoms with Crippen molar-refractivity contribution in [1.82, 2.24) is 9.55 Å². The highest BCUT2D eigenvalue weighted by molar-refractivity contribution is 8.00. The van der Waals surface area contributed by atoms with Crippen LogP contribution >= 0.6 is 11.8 Å². The molecular formula is C15H15N3O4S. The Morgan fingerprint density at radius 3 is 2.91 bits per heavy atom. The van der Waals surface area contributed by atoms with E-state index in [1.807, 2.05) is 6.07 Å². The van der Waals surface area contributed by atoms with Gasteiger partial charge in [0.2, 0.25) is 0 Å². The number of rotatable bonds is 4. The molecule has 0 aliphatic carbocycles. The van der Waals surface area contributed by atoms with E-state index < -0.39 is 11.7 Å². The van der Waals surface area contributed by atoms with E-state index in [-0.39, 0.29) is 23.2 Å². The summed E-state index contributed by atoms with van der Waals surface area (Å²) in [4.78, 5) is 27.4. The first-order valence-corrected chi connectivity index (χ1v) is 7.91. The summed E-state index contributed by atoms with van der Waals surface area (Å²) in [5.41, 5.74) is 5.22. The number of benzene rings is 1. The van der Waals surface area contributed by atoms with E-state index in [0.29, 0.717) is 12.2 Å². The highest BCUT2D eigenvalue weighted by Gasteiger charge is 2.29. The van der Waals surface area contributed by atoms with E-state index in [4.69, 9.17) is 15.2 Å². The molecule has 120 valence electrons. The number of aromatic nitrogens is 2. The molecule has 1 fully saturated rings. The van der Waals surface area contributed by atoms with Gasteiger partial charge in [0.1, 0.15) is 23.2 Å². The second kappa shape index (κ2) is 6.84. The number of hydrogen-bond donors (Lipinski definition) is 1. The van der Waals surface area contributed by atoms with Crippen LogP contribution in [0.5, 0.6) is 0 Å². The van der Waals surface area contributed by atoms with E-state index in [1.54, 1.807) is 36.5 Å². The molecule has 1 saturated heterocycles. The lowest BCUT2D eigenvalue weighted by molar-refractivity contribution is 0.0273. The molecule has 1 unspecified atom stereocenters. The summed E-state index contributed by atoms with van der Waals surface area (Å²) >= 11 is 1.40. The van der Waals surface area contributed by atoms with Crippen molar-refractivity contribution in [3.05, 3.63) is 58.6 Å². The molecule has 2 aromatic rings. The van der Waals surface area contributed by atoms with Crippen LogP contribution < -0.4 is 11.4 Å². The minimum Gasteiger partial charge on any atom is -0.458 e. The Kier molecular flexibility index (Phi) is 4.63. The molecule has 2 N–H and O–H groups in total. The smallest absolute Gasteiger partial charge is 0.350 e. The van der Waals surface area contributed by atoms with Crippen LogP contribution in [0.3, 0.4) is 0 Å². The topological polar surface area (TPSA) is 96.4 Å². The molecule has 1 aromatic carbocycles. The van der Waals surface area contributed by atoms with Crippen LogP contribution in [0.25, 0.3) is 0 Å². The fourth-order valence-corrected chi connectivity index (χ4v) is 3.23. The minimum atomic E-state index is -0.423. The minimum absolute atomic E-state index is 0.117. The SMILES string of the molecule is Nc1ccn(C2CO[C@@H](COC(=O)c3ccccc3)S2)c(=O)n1. The number of ether oxygens (including phenoxy) is 2. The van der Waals surface area contributed by atoms with Crippen molar-refractivity contribution < 1.29 is 14.3 Å². The van der Waals surface area contributed by atoms with Crippen LogP contribution in [0.15, 0.2) is 47.4 Å². The van der Waals surface area contributed by atoms with Crippen molar-refractivity contribution in [2.75, 3.05) is 18.9 Å². The molecule has 7 nitrogen and oxygen atoms in total. The third-order valence-electron chi connectivity index (χ3n) is 3.26. The Labute approximate surface area is 136 Å². The Morgan fingerprint density at radius 1 is 1.39 bits per heavy atom. The number of thioether (sulfide) groups is 1. The van der Waals surface area contributed by atoms with E-state index in [9.17, 15) is 9.59 Å². The molecule has 1 aliphatic heterocycles. The molecule has 3 rings (SSSR count). The van der Waals surface area contributed by atoms with Gasteiger partial charge in [0.15, 0.2) is 0 Å². The van der Waals surface area contributed by atoms with Crippen molar-refractivity contribution >= 4 is 23.5 Å². The van der Waals surface area contributed by atoms with Gasteiger partial charge in [0.05, 0.1) is 12.2 Å². The first-order chi connectivity index (χ1) is 11.1. The molecule has 0 bridgehead atoms. The molecule has 0 saturated carbocycles. The van der Waals surface area contributed by atoms with Crippen LogP contribution in [0.4, 0.5) is 5.82 Å². The normalized spacial score (nSPS) is 20.3. The zero-order valence-electron chi connectivity index (χ0n) is 12.1. The van der Waals surface area contributed by atoms with Crippen molar-refractivity contribution in [3.63, 3.8) is 0 Å². The third kappa shape index (κ3) is 3.72. The maximum atomic E-state index is 11.9. The molecule has 0 spiro atoms. The molecule has 8 heteroatoms. The van der Waals surface area contributed by atoms with Gasteiger partial charge < -0.3 is 15.2 Å². The predicted molar refractivity (Wildman–Crippen MR) is 86.0 cm³/mol. The Bertz CT molecular complexity index is 750. The number of hydrogen-bond acceptors (Lipinski definition) is 7. The second-order valence-corrected chi connectivity index (χ2v) is 6.20. The molecule has 1 aromatic heterocycles. The lowest BCUT2D eigenvalue weighted by Crippen LogP contribution is -2.26. The van der Waals surface area contributed by atoms with Gasteiger partial charge in [-0.25, -0.2) is 9.59 Å². The fourth-order valence-electron chi connectivity index (χ4n) is 2.12. The van der Waals surface area contributed by atoms with Crippen LogP contribution in [-0.2, 0) is 9.47 Å². The first-order valence-electron chi connectivity index (χ1n) is 6.97. The van der Waals surface area contributed by atoms with Crippen molar-refractivity contribution in [2.24, 2.45) is 0 Å². The maximum Gasteiger partial charge on any atom is 0.350 e. The van der Waals surface area contributed by atoms with Crippen molar-refractivity contribution in [1.29, 1.82) is 0 Å². The van der Waals surface area contributed by atoms with E-state index >= 15 is 0 Å². The number of nitrogens with two attached hydrogens (primary N) is 1. The quantitative estimate of drug-likeness (QED) is 0.842. The zero-order valence-corrected chi connectivity index (χ0v) is 12.9. The Morgan fingerprint density at radius 2 is 2.17 bits per heavy atom. The predicted octanol–water partition coefficient (Wildman–Crippen LogP) is 1.27. The summed E-state index contributed by atoms with van der Waals surface area (Å²) in [7, 11) is 0. The van der Waals surface area contributed by atoms with Gasteiger partial charge >= 0.3 is 11.7 Å². The lowest BCUT2D eigenvalue weighted by Gasteiger charge is -2.12. The molecule has 0 radical (unpaired) electrons. The fraction of sp³-hybridized carbons (Fsp3) is 0.267. The lowest BCUT2D eigenvalue weighted by atomic mass is 10.2. The summed E-state index contributed by atoms with van der Waals surface area (Å²) in [6.07, 6.45) is 1.59. The van der Waals surface area contributed by atoms with Crippen molar-refractivity contribution in [3.8, 4) is 0 Å². The average Bonchev–Trinajstić information content (AvgIpc) is 3.02. The summed E-state index contributed by atoms with van der Waals surface area (Å²) in [6.45, 7) is 0.454. The standard InChI is InChI=1S/C15H15N3O4S/c16-11-6-7-18(15(20)17-11)12-8-21-13(23-12)9-22-14(19)10-4-2-1-3-5-10/h1-7,12-13H,8-9H2,(H2,16,17,20)/t12?,13-/m1/s1. The van der Waals surface area contributed by atoms with Gasteiger partial charge in [-0.15, -0.1) is 0 Å². The van der Waals surface area contributed by atoms with Crippen molar-refractivity contribution in [2.45, 2.75) is 10.8 Å². The molecular weight excluding hydrogens is 318 g/mol. The Hall–Kier alpha value is -2.32. The van der Waals surface area contributed by atoms with Crippen LogP contribution in [0.2, 0.25) is 0 Å². The first kappa shape index (κ1) is 15.6. The van der Waals surface area contributed by atoms with E-state index in [0.717, 1.165) is 0 Å². The average molecular weight is 333 g/mol. The van der Waals surface area contributed by atoms with E-state index in [2.05, 4.69) is 4.98 Å². The van der Waals surface area contributed by atoms with Gasteiger partial charge in [-0.1, -0.05) is 30.0 Å². The molecule has 23 heavy (non-hydrogen) atoms. The highest BCUT2D eigenvalue weighted by Crippen LogP contribution is 2.34. The van der Waals surface area contributed by atoms with Gasteiger partial charge in [-0.2, -0.15) is 4.98 Å². The van der Waals surface area contributed by atoms with E-state index in [1.165, 1.54) is 16.3 Å². The molecule has 2 atom stereocenters. The summed E-state index contributed by atoms with van der Waals surface area (Å²) < 4.78 is 12.3. The molecule has 1 aliphatic rings. The number of carbonyl (C=O) groups is 1. The maximum absolute atomic E-state index is 11.9. The number of nitrogens with zero attached hydrogens (tertiary/aromatic N) is 2. The summed E-state index contributed by atoms with van der Waals surface area (Å²) in [6, 6.07) is 10.3. The van der Waals surface area contributed by atoms with Gasteiger partial charge in [-0.3, -0.25) is 4.57 Å². The highest BCUT2D eigenvalue weighted by atomic mass is 32.2. The number of nitrogen functional groups attached to an aromatic ring is 1. The number of anilines is 1. The Balaban J connectivity index is 1.56. The third-order valence-corrected chi connectivity index (χ3v) is 4.51.